The van der Waals surface area contributed by atoms with Crippen LogP contribution in [0.4, 0.5) is 5.82 Å². The monoisotopic (exact) mass is 241 g/mol. The average Bonchev–Trinajstić information content (AvgIpc) is 2.57. The van der Waals surface area contributed by atoms with Gasteiger partial charge in [0.1, 0.15) is 18.1 Å². The maximum absolute atomic E-state index is 11.6. The summed E-state index contributed by atoms with van der Waals surface area (Å²) in [5.41, 5.74) is 4.85. The van der Waals surface area contributed by atoms with Gasteiger partial charge in [-0.1, -0.05) is 6.92 Å². The van der Waals surface area contributed by atoms with E-state index in [0.29, 0.717) is 0 Å². The van der Waals surface area contributed by atoms with Crippen molar-refractivity contribution in [3.8, 4) is 0 Å². The molecule has 17 heavy (non-hydrogen) atoms. The molecule has 0 amide bonds. The number of rotatable bonds is 2. The number of ether oxygens (including phenoxy) is 1. The van der Waals surface area contributed by atoms with E-state index in [2.05, 4.69) is 4.98 Å². The largest absolute Gasteiger partial charge is 0.394 e. The molecule has 2 rings (SSSR count). The highest BCUT2D eigenvalue weighted by Crippen LogP contribution is 2.33. The molecule has 94 valence electrons. The van der Waals surface area contributed by atoms with Crippen LogP contribution in [0.1, 0.15) is 13.2 Å². The van der Waals surface area contributed by atoms with Crippen LogP contribution in [0.25, 0.3) is 0 Å². The second kappa shape index (κ2) is 4.44. The first-order valence-corrected chi connectivity index (χ1v) is 5.33. The van der Waals surface area contributed by atoms with E-state index in [1.807, 2.05) is 0 Å². The Hall–Kier alpha value is -1.44. The molecule has 0 saturated carbocycles. The van der Waals surface area contributed by atoms with Crippen molar-refractivity contribution in [2.45, 2.75) is 25.4 Å². The van der Waals surface area contributed by atoms with Gasteiger partial charge < -0.3 is 20.7 Å². The first-order valence-electron chi connectivity index (χ1n) is 5.33. The minimum Gasteiger partial charge on any atom is -0.394 e. The molecule has 1 aromatic rings. The molecule has 4 atom stereocenters. The zero-order chi connectivity index (χ0) is 12.6. The summed E-state index contributed by atoms with van der Waals surface area (Å²) in [5.74, 6) is -0.175. The molecule has 7 nitrogen and oxygen atoms in total. The second-order valence-electron chi connectivity index (χ2n) is 4.14. The molecule has 1 aromatic heterocycles. The fraction of sp³-hybridized carbons (Fsp3) is 0.600. The van der Waals surface area contributed by atoms with Gasteiger partial charge in [-0.25, -0.2) is 4.79 Å². The molecule has 7 heteroatoms. The van der Waals surface area contributed by atoms with Crippen molar-refractivity contribution in [3.05, 3.63) is 22.7 Å². The number of hydrogen-bond acceptors (Lipinski definition) is 6. The van der Waals surface area contributed by atoms with Crippen LogP contribution < -0.4 is 11.4 Å². The van der Waals surface area contributed by atoms with Crippen molar-refractivity contribution in [2.75, 3.05) is 12.3 Å². The Morgan fingerprint density at radius 1 is 1.65 bits per heavy atom. The topological polar surface area (TPSA) is 111 Å². The molecule has 4 N–H and O–H groups in total. The van der Waals surface area contributed by atoms with Gasteiger partial charge in [0.05, 0.1) is 12.7 Å². The number of nitrogens with two attached hydrogens (primary N) is 1. The highest BCUT2D eigenvalue weighted by molar-refractivity contribution is 5.23. The minimum absolute atomic E-state index is 0.135. The van der Waals surface area contributed by atoms with Gasteiger partial charge in [0, 0.05) is 12.1 Å². The molecule has 1 aliphatic heterocycles. The number of aliphatic hydroxyl groups excluding tert-OH is 2. The van der Waals surface area contributed by atoms with Crippen LogP contribution in [-0.4, -0.2) is 38.6 Å². The van der Waals surface area contributed by atoms with E-state index < -0.39 is 24.1 Å². The lowest BCUT2D eigenvalue weighted by atomic mass is 10.0. The van der Waals surface area contributed by atoms with Gasteiger partial charge >= 0.3 is 5.69 Å². The Morgan fingerprint density at radius 3 is 2.88 bits per heavy atom. The van der Waals surface area contributed by atoms with E-state index in [1.54, 1.807) is 6.92 Å². The van der Waals surface area contributed by atoms with E-state index in [1.165, 1.54) is 16.8 Å². The van der Waals surface area contributed by atoms with Crippen LogP contribution in [0.15, 0.2) is 17.1 Å². The molecule has 1 fully saturated rings. The Morgan fingerprint density at radius 2 is 2.35 bits per heavy atom. The molecule has 1 saturated heterocycles. The Kier molecular flexibility index (Phi) is 3.14. The van der Waals surface area contributed by atoms with E-state index in [4.69, 9.17) is 15.6 Å². The number of aliphatic hydroxyl groups is 2. The fourth-order valence-corrected chi connectivity index (χ4v) is 1.98. The van der Waals surface area contributed by atoms with Crippen molar-refractivity contribution >= 4 is 5.82 Å². The van der Waals surface area contributed by atoms with Crippen LogP contribution in [-0.2, 0) is 4.74 Å². The van der Waals surface area contributed by atoms with Gasteiger partial charge in [0.25, 0.3) is 0 Å². The van der Waals surface area contributed by atoms with Crippen molar-refractivity contribution in [1.82, 2.24) is 9.55 Å². The lowest BCUT2D eigenvalue weighted by Crippen LogP contribution is -2.30. The van der Waals surface area contributed by atoms with Gasteiger partial charge in [-0.05, 0) is 6.07 Å². The molecular formula is C10H15N3O4. The molecule has 0 bridgehead atoms. The van der Waals surface area contributed by atoms with Gasteiger partial charge in [-0.3, -0.25) is 4.57 Å². The Labute approximate surface area is 97.5 Å². The van der Waals surface area contributed by atoms with Crippen molar-refractivity contribution in [1.29, 1.82) is 0 Å². The molecule has 0 aromatic carbocycles. The Balaban J connectivity index is 2.32. The summed E-state index contributed by atoms with van der Waals surface area (Å²) in [6, 6.07) is 1.48. The van der Waals surface area contributed by atoms with E-state index in [0.717, 1.165) is 0 Å². The predicted octanol–water partition coefficient (Wildman–Crippen LogP) is -1.29. The zero-order valence-electron chi connectivity index (χ0n) is 9.35. The molecule has 1 aliphatic rings. The fourth-order valence-electron chi connectivity index (χ4n) is 1.98. The van der Waals surface area contributed by atoms with Crippen molar-refractivity contribution < 1.29 is 14.9 Å². The summed E-state index contributed by atoms with van der Waals surface area (Å²) in [6.07, 6.45) is -0.658. The summed E-state index contributed by atoms with van der Waals surface area (Å²) in [7, 11) is 0. The van der Waals surface area contributed by atoms with Gasteiger partial charge in [0.15, 0.2) is 0 Å². The molecule has 0 aliphatic carbocycles. The highest BCUT2D eigenvalue weighted by atomic mass is 16.5. The number of nitrogen functional groups attached to an aromatic ring is 1. The molecular weight excluding hydrogens is 226 g/mol. The molecule has 0 spiro atoms. The van der Waals surface area contributed by atoms with Crippen LogP contribution in [0.2, 0.25) is 0 Å². The predicted molar refractivity (Wildman–Crippen MR) is 59.1 cm³/mol. The van der Waals surface area contributed by atoms with Crippen LogP contribution in [0.3, 0.4) is 0 Å². The third-order valence-electron chi connectivity index (χ3n) is 2.99. The lowest BCUT2D eigenvalue weighted by molar-refractivity contribution is -0.0476. The number of aromatic nitrogens is 2. The number of hydrogen-bond donors (Lipinski definition) is 3. The molecule has 0 unspecified atom stereocenters. The summed E-state index contributed by atoms with van der Waals surface area (Å²) >= 11 is 0. The highest BCUT2D eigenvalue weighted by Gasteiger charge is 2.41. The third kappa shape index (κ3) is 2.04. The van der Waals surface area contributed by atoms with Crippen LogP contribution in [0, 0.1) is 5.92 Å². The minimum atomic E-state index is -0.811. The summed E-state index contributed by atoms with van der Waals surface area (Å²) < 4.78 is 6.69. The smallest absolute Gasteiger partial charge is 0.351 e. The second-order valence-corrected chi connectivity index (χ2v) is 4.14. The zero-order valence-corrected chi connectivity index (χ0v) is 9.35. The standard InChI is InChI=1S/C10H15N3O4/c1-5-8(15)6(4-14)17-9(5)13-3-2-7(11)12-10(13)16/h2-3,5-6,8-9,14-15H,4H2,1H3,(H2,11,12,16)/t5-,6-,8-,9+/m0/s1. The number of nitrogens with zero attached hydrogens (tertiary/aromatic N) is 2. The SMILES string of the molecule is C[C@H]1[C@H](O)[C@H](CO)O[C@H]1n1ccc(N)nc1=O. The quantitative estimate of drug-likeness (QED) is 0.594. The molecule has 0 radical (unpaired) electrons. The van der Waals surface area contributed by atoms with E-state index in [-0.39, 0.29) is 18.3 Å². The Bertz CT molecular complexity index is 461. The van der Waals surface area contributed by atoms with Gasteiger partial charge in [0.2, 0.25) is 0 Å². The van der Waals surface area contributed by atoms with Crippen molar-refractivity contribution in [3.63, 3.8) is 0 Å². The third-order valence-corrected chi connectivity index (χ3v) is 2.99. The first-order chi connectivity index (χ1) is 8.04. The molecule has 2 heterocycles. The normalized spacial score (nSPS) is 32.9. The average molecular weight is 241 g/mol. The first kappa shape index (κ1) is 12.0. The maximum atomic E-state index is 11.6. The summed E-state index contributed by atoms with van der Waals surface area (Å²) in [5, 5.41) is 18.8. The van der Waals surface area contributed by atoms with Crippen molar-refractivity contribution in [2.24, 2.45) is 5.92 Å². The van der Waals surface area contributed by atoms with Crippen LogP contribution >= 0.6 is 0 Å². The van der Waals surface area contributed by atoms with E-state index in [9.17, 15) is 9.90 Å². The lowest BCUT2D eigenvalue weighted by Gasteiger charge is -2.17. The van der Waals surface area contributed by atoms with Crippen LogP contribution in [0.5, 0.6) is 0 Å². The summed E-state index contributed by atoms with van der Waals surface area (Å²) in [6.45, 7) is 1.45. The van der Waals surface area contributed by atoms with Gasteiger partial charge in [-0.15, -0.1) is 0 Å². The van der Waals surface area contributed by atoms with Gasteiger partial charge in [-0.2, -0.15) is 4.98 Å². The van der Waals surface area contributed by atoms with E-state index >= 15 is 0 Å². The summed E-state index contributed by atoms with van der Waals surface area (Å²) in [4.78, 5) is 15.2. The number of anilines is 1. The maximum Gasteiger partial charge on any atom is 0.351 e.